The van der Waals surface area contributed by atoms with Gasteiger partial charge in [-0.25, -0.2) is 0 Å². The Balaban J connectivity index is 1.45. The molecule has 1 atom stereocenters. The van der Waals surface area contributed by atoms with Crippen molar-refractivity contribution in [3.8, 4) is 10.6 Å². The smallest absolute Gasteiger partial charge is 0.273 e. The summed E-state index contributed by atoms with van der Waals surface area (Å²) in [7, 11) is 0. The van der Waals surface area contributed by atoms with Crippen LogP contribution in [0.5, 0.6) is 0 Å². The van der Waals surface area contributed by atoms with Gasteiger partial charge in [0.05, 0.1) is 10.9 Å². The fourth-order valence-electron chi connectivity index (χ4n) is 2.28. The highest BCUT2D eigenvalue weighted by Gasteiger charge is 2.14. The molecule has 1 aliphatic heterocycles. The van der Waals surface area contributed by atoms with E-state index in [4.69, 9.17) is 4.52 Å². The first-order valence-corrected chi connectivity index (χ1v) is 8.12. The fourth-order valence-corrected chi connectivity index (χ4v) is 2.95. The third-order valence-electron chi connectivity index (χ3n) is 3.40. The number of nitrogens with one attached hydrogen (secondary N) is 1. The predicted octanol–water partition coefficient (Wildman–Crippen LogP) is 3.31. The van der Waals surface area contributed by atoms with E-state index in [0.717, 1.165) is 23.4 Å². The van der Waals surface area contributed by atoms with Gasteiger partial charge in [0.15, 0.2) is 11.5 Å². The topological polar surface area (TPSA) is 67.5 Å². The molecule has 3 heterocycles. The molecule has 22 heavy (non-hydrogen) atoms. The lowest BCUT2D eigenvalue weighted by Gasteiger charge is -2.05. The Morgan fingerprint density at radius 3 is 3.14 bits per heavy atom. The maximum atomic E-state index is 12.0. The first-order valence-electron chi connectivity index (χ1n) is 7.24. The standard InChI is InChI=1S/C16H17N3O2S/c1-11-6-7-12(18-11)4-2-8-17-16(20)13-10-14(21-19-13)15-5-3-9-22-15/h3,5-7,9-10,12H,2,4,8H2,1H3,(H,17,20). The van der Waals surface area contributed by atoms with E-state index >= 15 is 0 Å². The number of aromatic nitrogens is 1. The van der Waals surface area contributed by atoms with E-state index in [1.54, 1.807) is 17.4 Å². The minimum atomic E-state index is -0.201. The number of rotatable bonds is 6. The van der Waals surface area contributed by atoms with E-state index < -0.39 is 0 Å². The number of hydrogen-bond donors (Lipinski definition) is 1. The molecule has 1 amide bonds. The van der Waals surface area contributed by atoms with Crippen molar-refractivity contribution in [3.63, 3.8) is 0 Å². The number of thiophene rings is 1. The van der Waals surface area contributed by atoms with E-state index in [9.17, 15) is 4.79 Å². The monoisotopic (exact) mass is 315 g/mol. The zero-order valence-corrected chi connectivity index (χ0v) is 13.1. The van der Waals surface area contributed by atoms with Crippen LogP contribution in [0, 0.1) is 0 Å². The molecule has 1 unspecified atom stereocenters. The Bertz CT molecular complexity index is 701. The van der Waals surface area contributed by atoms with Crippen LogP contribution in [0.1, 0.15) is 30.3 Å². The van der Waals surface area contributed by atoms with Crippen LogP contribution in [0.25, 0.3) is 10.6 Å². The predicted molar refractivity (Wildman–Crippen MR) is 87.4 cm³/mol. The van der Waals surface area contributed by atoms with Gasteiger partial charge in [0.25, 0.3) is 5.91 Å². The number of carbonyl (C=O) groups excluding carboxylic acids is 1. The number of hydrogen-bond acceptors (Lipinski definition) is 5. The molecule has 0 saturated carbocycles. The molecule has 0 aliphatic carbocycles. The largest absolute Gasteiger partial charge is 0.355 e. The molecule has 2 aromatic heterocycles. The maximum absolute atomic E-state index is 12.0. The van der Waals surface area contributed by atoms with Crippen molar-refractivity contribution in [1.29, 1.82) is 0 Å². The van der Waals surface area contributed by atoms with Gasteiger partial charge in [0.1, 0.15) is 0 Å². The minimum Gasteiger partial charge on any atom is -0.355 e. The second-order valence-corrected chi connectivity index (χ2v) is 6.10. The lowest BCUT2D eigenvalue weighted by atomic mass is 10.1. The van der Waals surface area contributed by atoms with Gasteiger partial charge in [-0.3, -0.25) is 9.79 Å². The summed E-state index contributed by atoms with van der Waals surface area (Å²) in [6, 6.07) is 5.80. The summed E-state index contributed by atoms with van der Waals surface area (Å²) >= 11 is 1.55. The van der Waals surface area contributed by atoms with Crippen molar-refractivity contribution in [2.24, 2.45) is 4.99 Å². The number of amides is 1. The van der Waals surface area contributed by atoms with Crippen LogP contribution in [-0.4, -0.2) is 29.4 Å². The molecule has 0 bridgehead atoms. The first kappa shape index (κ1) is 14.7. The van der Waals surface area contributed by atoms with Gasteiger partial charge in [-0.15, -0.1) is 11.3 Å². The SMILES string of the molecule is CC1=NC(CCCNC(=O)c2cc(-c3cccs3)on2)C=C1. The van der Waals surface area contributed by atoms with E-state index in [0.29, 0.717) is 18.0 Å². The first-order chi connectivity index (χ1) is 10.7. The second-order valence-electron chi connectivity index (χ2n) is 5.15. The molecule has 0 radical (unpaired) electrons. The van der Waals surface area contributed by atoms with Gasteiger partial charge in [0, 0.05) is 18.3 Å². The van der Waals surface area contributed by atoms with Crippen molar-refractivity contribution < 1.29 is 9.32 Å². The Labute approximate surface area is 132 Å². The molecule has 5 nitrogen and oxygen atoms in total. The second kappa shape index (κ2) is 6.70. The Kier molecular flexibility index (Phi) is 4.48. The third kappa shape index (κ3) is 3.51. The average molecular weight is 315 g/mol. The normalized spacial score (nSPS) is 16.8. The molecule has 114 valence electrons. The van der Waals surface area contributed by atoms with Gasteiger partial charge < -0.3 is 9.84 Å². The highest BCUT2D eigenvalue weighted by atomic mass is 32.1. The van der Waals surface area contributed by atoms with Gasteiger partial charge in [-0.05, 0) is 37.3 Å². The minimum absolute atomic E-state index is 0.201. The highest BCUT2D eigenvalue weighted by molar-refractivity contribution is 7.13. The lowest BCUT2D eigenvalue weighted by Crippen LogP contribution is -2.25. The molecule has 0 saturated heterocycles. The number of allylic oxidation sites excluding steroid dienone is 1. The van der Waals surface area contributed by atoms with Gasteiger partial charge >= 0.3 is 0 Å². The Morgan fingerprint density at radius 2 is 2.41 bits per heavy atom. The molecule has 3 rings (SSSR count). The molecule has 6 heteroatoms. The molecular weight excluding hydrogens is 298 g/mol. The van der Waals surface area contributed by atoms with Crippen LogP contribution in [-0.2, 0) is 0 Å². The molecule has 0 fully saturated rings. The van der Waals surface area contributed by atoms with Crippen LogP contribution >= 0.6 is 11.3 Å². The summed E-state index contributed by atoms with van der Waals surface area (Å²) in [5.41, 5.74) is 1.38. The van der Waals surface area contributed by atoms with Crippen molar-refractivity contribution >= 4 is 23.0 Å². The molecule has 1 aliphatic rings. The summed E-state index contributed by atoms with van der Waals surface area (Å²) in [6.07, 6.45) is 5.95. The summed E-state index contributed by atoms with van der Waals surface area (Å²) in [5.74, 6) is 0.425. The van der Waals surface area contributed by atoms with E-state index in [-0.39, 0.29) is 11.9 Å². The number of aliphatic imine (C=N–C) groups is 1. The summed E-state index contributed by atoms with van der Waals surface area (Å²) in [6.45, 7) is 2.60. The van der Waals surface area contributed by atoms with Crippen LogP contribution in [0.4, 0.5) is 0 Å². The Morgan fingerprint density at radius 1 is 1.50 bits per heavy atom. The molecule has 2 aromatic rings. The fraction of sp³-hybridized carbons (Fsp3) is 0.312. The number of carbonyl (C=O) groups is 1. The van der Waals surface area contributed by atoms with E-state index in [1.807, 2.05) is 30.5 Å². The quantitative estimate of drug-likeness (QED) is 0.832. The molecule has 0 aromatic carbocycles. The summed E-state index contributed by atoms with van der Waals surface area (Å²) in [5, 5.41) is 8.64. The molecular formula is C16H17N3O2S. The van der Waals surface area contributed by atoms with Gasteiger partial charge in [-0.2, -0.15) is 0 Å². The third-order valence-corrected chi connectivity index (χ3v) is 4.28. The van der Waals surface area contributed by atoms with Crippen LogP contribution in [0.15, 0.2) is 45.2 Å². The lowest BCUT2D eigenvalue weighted by molar-refractivity contribution is 0.0944. The summed E-state index contributed by atoms with van der Waals surface area (Å²) in [4.78, 5) is 17.4. The molecule has 0 spiro atoms. The average Bonchev–Trinajstić information content (AvgIpc) is 3.23. The zero-order chi connectivity index (χ0) is 15.4. The van der Waals surface area contributed by atoms with Gasteiger partial charge in [-0.1, -0.05) is 17.3 Å². The van der Waals surface area contributed by atoms with Crippen molar-refractivity contribution in [2.75, 3.05) is 6.54 Å². The van der Waals surface area contributed by atoms with Gasteiger partial charge in [0.2, 0.25) is 0 Å². The van der Waals surface area contributed by atoms with Crippen LogP contribution in [0.2, 0.25) is 0 Å². The zero-order valence-electron chi connectivity index (χ0n) is 12.3. The van der Waals surface area contributed by atoms with Crippen LogP contribution < -0.4 is 5.32 Å². The summed E-state index contributed by atoms with van der Waals surface area (Å²) < 4.78 is 5.20. The van der Waals surface area contributed by atoms with Crippen molar-refractivity contribution in [2.45, 2.75) is 25.8 Å². The molecule has 1 N–H and O–H groups in total. The maximum Gasteiger partial charge on any atom is 0.273 e. The van der Waals surface area contributed by atoms with E-state index in [2.05, 4.69) is 21.5 Å². The number of nitrogens with zero attached hydrogens (tertiary/aromatic N) is 2. The van der Waals surface area contributed by atoms with Crippen LogP contribution in [0.3, 0.4) is 0 Å². The van der Waals surface area contributed by atoms with Crippen molar-refractivity contribution in [3.05, 3.63) is 41.4 Å². The Hall–Kier alpha value is -2.21. The van der Waals surface area contributed by atoms with Crippen molar-refractivity contribution in [1.82, 2.24) is 10.5 Å². The highest BCUT2D eigenvalue weighted by Crippen LogP contribution is 2.25. The van der Waals surface area contributed by atoms with E-state index in [1.165, 1.54) is 0 Å².